The first-order valence-electron chi connectivity index (χ1n) is 7.01. The number of aryl methyl sites for hydroxylation is 1. The smallest absolute Gasteiger partial charge is 0.133 e. The molecule has 5 nitrogen and oxygen atoms in total. The zero-order chi connectivity index (χ0) is 14.3. The van der Waals surface area contributed by atoms with E-state index < -0.39 is 0 Å². The van der Waals surface area contributed by atoms with Crippen molar-refractivity contribution in [2.45, 2.75) is 52.5 Å². The van der Waals surface area contributed by atoms with Gasteiger partial charge in [-0.15, -0.1) is 0 Å². The predicted molar refractivity (Wildman–Crippen MR) is 79.6 cm³/mol. The number of nitrogens with one attached hydrogen (secondary N) is 2. The van der Waals surface area contributed by atoms with E-state index in [1.54, 1.807) is 0 Å². The maximum absolute atomic E-state index is 9.32. The Bertz CT molecular complexity index is 393. The molecule has 0 spiro atoms. The lowest BCUT2D eigenvalue weighted by molar-refractivity contribution is 0.234. The number of aliphatic hydroxyl groups excluding tert-OH is 1. The van der Waals surface area contributed by atoms with Gasteiger partial charge in [0, 0.05) is 19.0 Å². The molecule has 0 saturated carbocycles. The van der Waals surface area contributed by atoms with Crippen LogP contribution in [0.2, 0.25) is 0 Å². The minimum atomic E-state index is -0.389. The zero-order valence-electron chi connectivity index (χ0n) is 12.5. The van der Waals surface area contributed by atoms with Crippen molar-refractivity contribution in [3.05, 3.63) is 11.9 Å². The molecule has 0 aromatic carbocycles. The Morgan fingerprint density at radius 2 is 1.84 bits per heavy atom. The second-order valence-electron chi connectivity index (χ2n) is 5.40. The van der Waals surface area contributed by atoms with Crippen LogP contribution in [-0.4, -0.2) is 33.8 Å². The van der Waals surface area contributed by atoms with Crippen LogP contribution in [0.5, 0.6) is 0 Å². The van der Waals surface area contributed by atoms with Gasteiger partial charge in [0.25, 0.3) is 0 Å². The average molecular weight is 266 g/mol. The van der Waals surface area contributed by atoms with Gasteiger partial charge in [-0.2, -0.15) is 0 Å². The summed E-state index contributed by atoms with van der Waals surface area (Å²) in [5, 5.41) is 15.8. The van der Waals surface area contributed by atoms with Gasteiger partial charge in [0.1, 0.15) is 17.5 Å². The van der Waals surface area contributed by atoms with E-state index >= 15 is 0 Å². The molecule has 108 valence electrons. The first-order valence-corrected chi connectivity index (χ1v) is 7.01. The van der Waals surface area contributed by atoms with E-state index in [4.69, 9.17) is 0 Å². The third kappa shape index (κ3) is 5.42. The molecule has 0 radical (unpaired) electrons. The van der Waals surface area contributed by atoms with Crippen LogP contribution in [0.3, 0.4) is 0 Å². The molecule has 1 rings (SSSR count). The molecule has 0 unspecified atom stereocenters. The largest absolute Gasteiger partial charge is 0.394 e. The highest BCUT2D eigenvalue weighted by atomic mass is 16.3. The van der Waals surface area contributed by atoms with Gasteiger partial charge < -0.3 is 15.7 Å². The molecule has 1 aromatic rings. The van der Waals surface area contributed by atoms with Crippen LogP contribution in [0.4, 0.5) is 11.6 Å². The molecule has 0 atom stereocenters. The molecule has 19 heavy (non-hydrogen) atoms. The number of hydrogen-bond acceptors (Lipinski definition) is 5. The van der Waals surface area contributed by atoms with Crippen molar-refractivity contribution in [2.24, 2.45) is 0 Å². The topological polar surface area (TPSA) is 70.1 Å². The third-order valence-electron chi connectivity index (χ3n) is 2.66. The molecule has 0 aliphatic rings. The summed E-state index contributed by atoms with van der Waals surface area (Å²) in [5.41, 5.74) is -0.389. The molecule has 0 aliphatic carbocycles. The van der Waals surface area contributed by atoms with Crippen LogP contribution < -0.4 is 10.6 Å². The standard InChI is InChI=1S/C14H26N4O/c1-5-7-11-16-12(15-8-6-2)9-13(17-11)18-14(3,4)10-19/h9,19H,5-8,10H2,1-4H3,(H2,15,16,17,18). The Balaban J connectivity index is 2.91. The number of anilines is 2. The first kappa shape index (κ1) is 15.7. The minimum absolute atomic E-state index is 0.0534. The molecular weight excluding hydrogens is 240 g/mol. The summed E-state index contributed by atoms with van der Waals surface area (Å²) in [6.45, 7) is 9.06. The maximum atomic E-state index is 9.32. The van der Waals surface area contributed by atoms with Crippen LogP contribution in [0, 0.1) is 0 Å². The summed E-state index contributed by atoms with van der Waals surface area (Å²) in [6, 6.07) is 1.90. The van der Waals surface area contributed by atoms with Crippen LogP contribution in [0.1, 0.15) is 46.4 Å². The van der Waals surface area contributed by atoms with Gasteiger partial charge in [0.05, 0.1) is 12.1 Å². The summed E-state index contributed by atoms with van der Waals surface area (Å²) in [6.07, 6.45) is 2.92. The summed E-state index contributed by atoms with van der Waals surface area (Å²) in [4.78, 5) is 8.98. The SMILES string of the molecule is CCCNc1cc(NC(C)(C)CO)nc(CCC)n1. The Labute approximate surface area is 115 Å². The van der Waals surface area contributed by atoms with E-state index in [0.717, 1.165) is 43.3 Å². The van der Waals surface area contributed by atoms with Crippen molar-refractivity contribution in [1.82, 2.24) is 9.97 Å². The van der Waals surface area contributed by atoms with Gasteiger partial charge in [0.15, 0.2) is 0 Å². The first-order chi connectivity index (χ1) is 9.00. The van der Waals surface area contributed by atoms with Crippen molar-refractivity contribution >= 4 is 11.6 Å². The average Bonchev–Trinajstić information content (AvgIpc) is 2.36. The summed E-state index contributed by atoms with van der Waals surface area (Å²) < 4.78 is 0. The highest BCUT2D eigenvalue weighted by molar-refractivity contribution is 5.48. The second kappa shape index (κ2) is 7.28. The quantitative estimate of drug-likeness (QED) is 0.674. The molecule has 0 fully saturated rings. The fraction of sp³-hybridized carbons (Fsp3) is 0.714. The third-order valence-corrected chi connectivity index (χ3v) is 2.66. The minimum Gasteiger partial charge on any atom is -0.394 e. The van der Waals surface area contributed by atoms with Gasteiger partial charge in [-0.1, -0.05) is 13.8 Å². The number of rotatable bonds is 8. The molecule has 0 aliphatic heterocycles. The van der Waals surface area contributed by atoms with E-state index in [1.807, 2.05) is 19.9 Å². The van der Waals surface area contributed by atoms with Crippen molar-refractivity contribution in [1.29, 1.82) is 0 Å². The Morgan fingerprint density at radius 3 is 2.42 bits per heavy atom. The summed E-state index contributed by atoms with van der Waals surface area (Å²) in [5.74, 6) is 2.44. The number of aliphatic hydroxyl groups is 1. The van der Waals surface area contributed by atoms with Crippen molar-refractivity contribution in [2.75, 3.05) is 23.8 Å². The second-order valence-corrected chi connectivity index (χ2v) is 5.40. The van der Waals surface area contributed by atoms with E-state index in [9.17, 15) is 5.11 Å². The van der Waals surface area contributed by atoms with Gasteiger partial charge >= 0.3 is 0 Å². The summed E-state index contributed by atoms with van der Waals surface area (Å²) in [7, 11) is 0. The molecule has 0 amide bonds. The lowest BCUT2D eigenvalue weighted by atomic mass is 10.1. The van der Waals surface area contributed by atoms with Gasteiger partial charge in [-0.05, 0) is 26.7 Å². The lowest BCUT2D eigenvalue weighted by Crippen LogP contribution is -2.35. The van der Waals surface area contributed by atoms with E-state index in [0.29, 0.717) is 0 Å². The van der Waals surface area contributed by atoms with Gasteiger partial charge in [-0.3, -0.25) is 0 Å². The van der Waals surface area contributed by atoms with Gasteiger partial charge in [-0.25, -0.2) is 9.97 Å². The molecule has 1 aromatic heterocycles. The van der Waals surface area contributed by atoms with E-state index in [-0.39, 0.29) is 12.1 Å². The Kier molecular flexibility index (Phi) is 6.02. The zero-order valence-corrected chi connectivity index (χ0v) is 12.5. The number of nitrogens with zero attached hydrogens (tertiary/aromatic N) is 2. The molecule has 5 heteroatoms. The Hall–Kier alpha value is -1.36. The molecule has 0 bridgehead atoms. The monoisotopic (exact) mass is 266 g/mol. The normalized spacial score (nSPS) is 11.4. The van der Waals surface area contributed by atoms with Crippen LogP contribution in [0.25, 0.3) is 0 Å². The van der Waals surface area contributed by atoms with Crippen LogP contribution >= 0.6 is 0 Å². The van der Waals surface area contributed by atoms with Crippen LogP contribution in [0.15, 0.2) is 6.07 Å². The van der Waals surface area contributed by atoms with Crippen molar-refractivity contribution < 1.29 is 5.11 Å². The van der Waals surface area contributed by atoms with E-state index in [2.05, 4.69) is 34.4 Å². The highest BCUT2D eigenvalue weighted by Gasteiger charge is 2.17. The van der Waals surface area contributed by atoms with Crippen molar-refractivity contribution in [3.63, 3.8) is 0 Å². The molecular formula is C14H26N4O. The lowest BCUT2D eigenvalue weighted by Gasteiger charge is -2.24. The summed E-state index contributed by atoms with van der Waals surface area (Å²) >= 11 is 0. The fourth-order valence-electron chi connectivity index (χ4n) is 1.63. The van der Waals surface area contributed by atoms with E-state index in [1.165, 1.54) is 0 Å². The van der Waals surface area contributed by atoms with Gasteiger partial charge in [0.2, 0.25) is 0 Å². The molecule has 0 saturated heterocycles. The molecule has 3 N–H and O–H groups in total. The highest BCUT2D eigenvalue weighted by Crippen LogP contribution is 2.17. The predicted octanol–water partition coefficient (Wildman–Crippen LogP) is 2.43. The Morgan fingerprint density at radius 1 is 1.16 bits per heavy atom. The van der Waals surface area contributed by atoms with Crippen LogP contribution in [-0.2, 0) is 6.42 Å². The molecule has 1 heterocycles. The fourth-order valence-corrected chi connectivity index (χ4v) is 1.63. The van der Waals surface area contributed by atoms with Crippen molar-refractivity contribution in [3.8, 4) is 0 Å². The number of hydrogen-bond donors (Lipinski definition) is 3. The number of aromatic nitrogens is 2. The maximum Gasteiger partial charge on any atom is 0.133 e.